The number of aromatic nitrogens is 2. The van der Waals surface area contributed by atoms with E-state index >= 15 is 0 Å². The van der Waals surface area contributed by atoms with Gasteiger partial charge in [0.2, 0.25) is 11.8 Å². The number of hydrogen-bond acceptors (Lipinski definition) is 4. The van der Waals surface area contributed by atoms with Crippen LogP contribution in [0.1, 0.15) is 17.0 Å². The summed E-state index contributed by atoms with van der Waals surface area (Å²) < 4.78 is 5.70. The summed E-state index contributed by atoms with van der Waals surface area (Å²) in [5, 5.41) is 2.74. The van der Waals surface area contributed by atoms with E-state index in [9.17, 15) is 4.79 Å². The topological polar surface area (TPSA) is 68.0 Å². The van der Waals surface area contributed by atoms with Crippen LogP contribution < -0.4 is 5.32 Å². The molecule has 0 unspecified atom stereocenters. The van der Waals surface area contributed by atoms with Gasteiger partial charge >= 0.3 is 0 Å². The van der Waals surface area contributed by atoms with E-state index in [4.69, 9.17) is 4.42 Å². The lowest BCUT2D eigenvalue weighted by molar-refractivity contribution is -0.115. The lowest BCUT2D eigenvalue weighted by Gasteiger charge is -2.02. The van der Waals surface area contributed by atoms with E-state index in [1.54, 1.807) is 18.3 Å². The van der Waals surface area contributed by atoms with Crippen LogP contribution in [0.2, 0.25) is 0 Å². The van der Waals surface area contributed by atoms with Gasteiger partial charge in [-0.3, -0.25) is 4.79 Å². The second kappa shape index (κ2) is 6.44. The summed E-state index contributed by atoms with van der Waals surface area (Å²) in [7, 11) is 0. The molecule has 0 fully saturated rings. The fourth-order valence-electron chi connectivity index (χ4n) is 2.27. The Bertz CT molecular complexity index is 825. The quantitative estimate of drug-likeness (QED) is 0.800. The van der Waals surface area contributed by atoms with E-state index in [1.165, 1.54) is 0 Å². The smallest absolute Gasteiger partial charge is 0.231 e. The normalized spacial score (nSPS) is 10.5. The second-order valence-electron chi connectivity index (χ2n) is 5.33. The molecule has 1 aromatic carbocycles. The first kappa shape index (κ1) is 15.0. The highest BCUT2D eigenvalue weighted by atomic mass is 16.4. The molecule has 0 aliphatic heterocycles. The second-order valence-corrected chi connectivity index (χ2v) is 5.33. The molecule has 0 atom stereocenters. The zero-order valence-electron chi connectivity index (χ0n) is 13.0. The number of nitrogens with one attached hydrogen (secondary N) is 1. The molecule has 2 heterocycles. The van der Waals surface area contributed by atoms with Gasteiger partial charge in [0.25, 0.3) is 0 Å². The molecule has 0 radical (unpaired) electrons. The zero-order valence-corrected chi connectivity index (χ0v) is 13.0. The lowest BCUT2D eigenvalue weighted by Crippen LogP contribution is -2.15. The average Bonchev–Trinajstić information content (AvgIpc) is 2.89. The maximum Gasteiger partial charge on any atom is 0.231 e. The molecule has 2 aromatic heterocycles. The first-order valence-electron chi connectivity index (χ1n) is 7.36. The van der Waals surface area contributed by atoms with E-state index in [0.717, 1.165) is 11.1 Å². The molecule has 1 amide bonds. The van der Waals surface area contributed by atoms with Crippen molar-refractivity contribution in [3.8, 4) is 11.5 Å². The highest BCUT2D eigenvalue weighted by Gasteiger charge is 2.15. The Balaban J connectivity index is 1.75. The molecule has 0 saturated heterocycles. The minimum absolute atomic E-state index is 0.151. The van der Waals surface area contributed by atoms with Crippen molar-refractivity contribution in [3.63, 3.8) is 0 Å². The Hall–Kier alpha value is -2.95. The number of rotatable bonds is 4. The van der Waals surface area contributed by atoms with Crippen LogP contribution in [0.3, 0.4) is 0 Å². The molecule has 5 nitrogen and oxygen atoms in total. The Morgan fingerprint density at radius 3 is 2.78 bits per heavy atom. The Kier molecular flexibility index (Phi) is 4.19. The SMILES string of the molecule is Cc1cccc(-c2nc(CC(=O)Nc3ccccn3)c(C)o2)c1. The van der Waals surface area contributed by atoms with Gasteiger partial charge in [-0.05, 0) is 38.1 Å². The van der Waals surface area contributed by atoms with Crippen molar-refractivity contribution in [1.29, 1.82) is 0 Å². The van der Waals surface area contributed by atoms with Gasteiger partial charge < -0.3 is 9.73 Å². The summed E-state index contributed by atoms with van der Waals surface area (Å²) in [5.41, 5.74) is 2.67. The third-order valence-electron chi connectivity index (χ3n) is 3.42. The molecule has 0 bridgehead atoms. The van der Waals surface area contributed by atoms with E-state index in [2.05, 4.69) is 15.3 Å². The number of amides is 1. The van der Waals surface area contributed by atoms with Crippen LogP contribution in [0, 0.1) is 13.8 Å². The molecule has 5 heteroatoms. The summed E-state index contributed by atoms with van der Waals surface area (Å²) in [6.07, 6.45) is 1.78. The monoisotopic (exact) mass is 307 g/mol. The first-order chi connectivity index (χ1) is 11.1. The summed E-state index contributed by atoms with van der Waals surface area (Å²) in [6.45, 7) is 3.83. The number of benzene rings is 1. The molecular weight excluding hydrogens is 290 g/mol. The molecule has 3 aromatic rings. The molecule has 23 heavy (non-hydrogen) atoms. The van der Waals surface area contributed by atoms with Crippen LogP contribution in [-0.2, 0) is 11.2 Å². The van der Waals surface area contributed by atoms with E-state index in [0.29, 0.717) is 23.2 Å². The minimum atomic E-state index is -0.170. The van der Waals surface area contributed by atoms with Crippen LogP contribution in [0.4, 0.5) is 5.82 Å². The number of anilines is 1. The van der Waals surface area contributed by atoms with Crippen LogP contribution in [0.5, 0.6) is 0 Å². The van der Waals surface area contributed by atoms with Crippen molar-refractivity contribution in [2.45, 2.75) is 20.3 Å². The summed E-state index contributed by atoms with van der Waals surface area (Å²) >= 11 is 0. The fourth-order valence-corrected chi connectivity index (χ4v) is 2.27. The standard InChI is InChI=1S/C18H17N3O2/c1-12-6-5-7-14(10-12)18-20-15(13(2)23-18)11-17(22)21-16-8-3-4-9-19-16/h3-10H,11H2,1-2H3,(H,19,21,22). The number of carbonyl (C=O) groups is 1. The van der Waals surface area contributed by atoms with Crippen LogP contribution in [0.25, 0.3) is 11.5 Å². The molecule has 116 valence electrons. The van der Waals surface area contributed by atoms with Crippen molar-refractivity contribution in [2.75, 3.05) is 5.32 Å². The molecule has 0 aliphatic rings. The predicted molar refractivity (Wildman–Crippen MR) is 88.0 cm³/mol. The fraction of sp³-hybridized carbons (Fsp3) is 0.167. The molecule has 0 spiro atoms. The number of pyridine rings is 1. The van der Waals surface area contributed by atoms with Crippen molar-refractivity contribution < 1.29 is 9.21 Å². The number of aryl methyl sites for hydroxylation is 2. The molecular formula is C18H17N3O2. The molecule has 3 rings (SSSR count). The van der Waals surface area contributed by atoms with Crippen molar-refractivity contribution in [2.24, 2.45) is 0 Å². The van der Waals surface area contributed by atoms with Gasteiger partial charge in [-0.1, -0.05) is 23.8 Å². The number of hydrogen-bond donors (Lipinski definition) is 1. The van der Waals surface area contributed by atoms with Gasteiger partial charge in [-0.2, -0.15) is 0 Å². The Morgan fingerprint density at radius 2 is 2.04 bits per heavy atom. The predicted octanol–water partition coefficient (Wildman–Crippen LogP) is 3.53. The summed E-state index contributed by atoms with van der Waals surface area (Å²) in [6, 6.07) is 13.3. The van der Waals surface area contributed by atoms with Crippen LogP contribution in [0.15, 0.2) is 53.1 Å². The van der Waals surface area contributed by atoms with Gasteiger partial charge in [-0.15, -0.1) is 0 Å². The molecule has 0 aliphatic carbocycles. The van der Waals surface area contributed by atoms with E-state index < -0.39 is 0 Å². The van der Waals surface area contributed by atoms with Crippen LogP contribution in [-0.4, -0.2) is 15.9 Å². The minimum Gasteiger partial charge on any atom is -0.441 e. The zero-order chi connectivity index (χ0) is 16.2. The molecule has 1 N–H and O–H groups in total. The number of nitrogens with zero attached hydrogens (tertiary/aromatic N) is 2. The van der Waals surface area contributed by atoms with E-state index in [1.807, 2.05) is 44.2 Å². The number of oxazole rings is 1. The van der Waals surface area contributed by atoms with Gasteiger partial charge in [-0.25, -0.2) is 9.97 Å². The van der Waals surface area contributed by atoms with Crippen molar-refractivity contribution >= 4 is 11.7 Å². The Morgan fingerprint density at radius 1 is 1.17 bits per heavy atom. The summed E-state index contributed by atoms with van der Waals surface area (Å²) in [5.74, 6) is 1.54. The van der Waals surface area contributed by atoms with E-state index in [-0.39, 0.29) is 12.3 Å². The lowest BCUT2D eigenvalue weighted by atomic mass is 10.1. The van der Waals surface area contributed by atoms with Crippen molar-refractivity contribution in [3.05, 3.63) is 65.7 Å². The average molecular weight is 307 g/mol. The molecule has 0 saturated carbocycles. The highest BCUT2D eigenvalue weighted by molar-refractivity contribution is 5.91. The Labute approximate surface area is 134 Å². The first-order valence-corrected chi connectivity index (χ1v) is 7.36. The van der Waals surface area contributed by atoms with Gasteiger partial charge in [0, 0.05) is 11.8 Å². The van der Waals surface area contributed by atoms with Crippen LogP contribution >= 0.6 is 0 Å². The van der Waals surface area contributed by atoms with Gasteiger partial charge in [0.15, 0.2) is 0 Å². The van der Waals surface area contributed by atoms with Gasteiger partial charge in [0.1, 0.15) is 11.6 Å². The van der Waals surface area contributed by atoms with Gasteiger partial charge in [0.05, 0.1) is 12.1 Å². The number of carbonyl (C=O) groups excluding carboxylic acids is 1. The largest absolute Gasteiger partial charge is 0.441 e. The van der Waals surface area contributed by atoms with Crippen molar-refractivity contribution in [1.82, 2.24) is 9.97 Å². The third-order valence-corrected chi connectivity index (χ3v) is 3.42. The maximum absolute atomic E-state index is 12.1. The third kappa shape index (κ3) is 3.63. The summed E-state index contributed by atoms with van der Waals surface area (Å²) in [4.78, 5) is 20.6. The maximum atomic E-state index is 12.1. The highest BCUT2D eigenvalue weighted by Crippen LogP contribution is 2.23.